The van der Waals surface area contributed by atoms with Crippen molar-refractivity contribution in [2.75, 3.05) is 30.5 Å². The monoisotopic (exact) mass is 502 g/mol. The number of imide groups is 1. The Morgan fingerprint density at radius 3 is 2.30 bits per heavy atom. The Morgan fingerprint density at radius 2 is 1.65 bits per heavy atom. The van der Waals surface area contributed by atoms with E-state index in [2.05, 4.69) is 10.3 Å². The predicted molar refractivity (Wildman–Crippen MR) is 140 cm³/mol. The van der Waals surface area contributed by atoms with Gasteiger partial charge in [-0.25, -0.2) is 9.69 Å². The second-order valence-electron chi connectivity index (χ2n) is 8.59. The number of ether oxygens (including phenoxy) is 2. The number of urea groups is 1. The number of nitrogens with zero attached hydrogens (tertiary/aromatic N) is 3. The lowest BCUT2D eigenvalue weighted by Crippen LogP contribution is -2.39. The molecule has 1 saturated heterocycles. The van der Waals surface area contributed by atoms with E-state index in [-0.39, 0.29) is 18.9 Å². The average molecular weight is 503 g/mol. The molecule has 1 aromatic heterocycles. The molecule has 4 rings (SSSR count). The van der Waals surface area contributed by atoms with Crippen molar-refractivity contribution in [3.8, 4) is 11.5 Å². The SMILES string of the molecule is CCCOc1ccc(NC(=O)C[C@H]2C(=O)N(c3ccc(OC)cc3)C(=O)N2CCc2ccncc2)cc1. The highest BCUT2D eigenvalue weighted by molar-refractivity contribution is 6.22. The van der Waals surface area contributed by atoms with Crippen molar-refractivity contribution < 1.29 is 23.9 Å². The Hall–Kier alpha value is -4.40. The second kappa shape index (κ2) is 12.0. The largest absolute Gasteiger partial charge is 0.497 e. The summed E-state index contributed by atoms with van der Waals surface area (Å²) in [5.41, 5.74) is 1.99. The lowest BCUT2D eigenvalue weighted by atomic mass is 10.1. The Balaban J connectivity index is 1.50. The maximum absolute atomic E-state index is 13.5. The molecule has 0 radical (unpaired) electrons. The van der Waals surface area contributed by atoms with Gasteiger partial charge in [0.05, 0.1) is 25.8 Å². The van der Waals surface area contributed by atoms with Crippen molar-refractivity contribution in [3.63, 3.8) is 0 Å². The van der Waals surface area contributed by atoms with Crippen LogP contribution in [0.2, 0.25) is 0 Å². The quantitative estimate of drug-likeness (QED) is 0.393. The van der Waals surface area contributed by atoms with Crippen LogP contribution in [-0.2, 0) is 16.0 Å². The van der Waals surface area contributed by atoms with Crippen molar-refractivity contribution in [3.05, 3.63) is 78.6 Å². The number of hydrogen-bond donors (Lipinski definition) is 1. The van der Waals surface area contributed by atoms with E-state index in [1.54, 1.807) is 68.0 Å². The van der Waals surface area contributed by atoms with Crippen LogP contribution >= 0.6 is 0 Å². The van der Waals surface area contributed by atoms with E-state index < -0.39 is 18.0 Å². The third-order valence-corrected chi connectivity index (χ3v) is 6.03. The minimum absolute atomic E-state index is 0.165. The molecule has 1 aliphatic rings. The number of rotatable bonds is 11. The molecule has 9 nitrogen and oxygen atoms in total. The van der Waals surface area contributed by atoms with Gasteiger partial charge in [0.1, 0.15) is 17.5 Å². The molecule has 1 fully saturated rings. The summed E-state index contributed by atoms with van der Waals surface area (Å²) >= 11 is 0. The Bertz CT molecular complexity index is 1220. The van der Waals surface area contributed by atoms with Gasteiger partial charge >= 0.3 is 6.03 Å². The van der Waals surface area contributed by atoms with E-state index in [9.17, 15) is 14.4 Å². The number of pyridine rings is 1. The van der Waals surface area contributed by atoms with E-state index in [1.807, 2.05) is 19.1 Å². The van der Waals surface area contributed by atoms with Crippen molar-refractivity contribution in [2.24, 2.45) is 0 Å². The van der Waals surface area contributed by atoms with Crippen LogP contribution in [0.3, 0.4) is 0 Å². The Labute approximate surface area is 216 Å². The summed E-state index contributed by atoms with van der Waals surface area (Å²) < 4.78 is 10.8. The molecule has 37 heavy (non-hydrogen) atoms. The molecular weight excluding hydrogens is 472 g/mol. The number of anilines is 2. The topological polar surface area (TPSA) is 101 Å². The van der Waals surface area contributed by atoms with Crippen LogP contribution in [0.25, 0.3) is 0 Å². The molecule has 9 heteroatoms. The summed E-state index contributed by atoms with van der Waals surface area (Å²) in [6.45, 7) is 2.92. The molecule has 2 heterocycles. The van der Waals surface area contributed by atoms with Gasteiger partial charge in [0.25, 0.3) is 5.91 Å². The maximum Gasteiger partial charge on any atom is 0.332 e. The summed E-state index contributed by atoms with van der Waals surface area (Å²) in [7, 11) is 1.54. The van der Waals surface area contributed by atoms with Crippen LogP contribution in [-0.4, -0.2) is 54.0 Å². The number of carbonyl (C=O) groups excluding carboxylic acids is 3. The predicted octanol–water partition coefficient (Wildman–Crippen LogP) is 4.29. The Morgan fingerprint density at radius 1 is 0.973 bits per heavy atom. The number of hydrogen-bond acceptors (Lipinski definition) is 6. The molecule has 0 aliphatic carbocycles. The molecule has 1 aliphatic heterocycles. The molecule has 0 bridgehead atoms. The molecule has 0 unspecified atom stereocenters. The summed E-state index contributed by atoms with van der Waals surface area (Å²) in [5, 5.41) is 2.82. The standard InChI is InChI=1S/C28H30N4O5/c1-3-18-37-24-8-4-21(5-9-24)30-26(33)19-25-27(34)32(22-6-10-23(36-2)11-7-22)28(35)31(25)17-14-20-12-15-29-16-13-20/h4-13,15-16,25H,3,14,17-19H2,1-2H3,(H,30,33)/t25-/m0/s1. The zero-order valence-electron chi connectivity index (χ0n) is 20.9. The average Bonchev–Trinajstić information content (AvgIpc) is 3.15. The molecule has 0 spiro atoms. The van der Waals surface area contributed by atoms with E-state index in [4.69, 9.17) is 9.47 Å². The molecule has 192 valence electrons. The highest BCUT2D eigenvalue weighted by Crippen LogP contribution is 2.29. The molecule has 1 N–H and O–H groups in total. The number of benzene rings is 2. The second-order valence-corrected chi connectivity index (χ2v) is 8.59. The van der Waals surface area contributed by atoms with E-state index >= 15 is 0 Å². The van der Waals surface area contributed by atoms with Crippen molar-refractivity contribution in [1.29, 1.82) is 0 Å². The smallest absolute Gasteiger partial charge is 0.332 e. The van der Waals surface area contributed by atoms with E-state index in [0.29, 0.717) is 35.9 Å². The number of nitrogens with one attached hydrogen (secondary N) is 1. The summed E-state index contributed by atoms with van der Waals surface area (Å²) in [6.07, 6.45) is 4.62. The van der Waals surface area contributed by atoms with Gasteiger partial charge in [-0.1, -0.05) is 6.92 Å². The number of methoxy groups -OCH3 is 1. The highest BCUT2D eigenvalue weighted by Gasteiger charge is 2.46. The lowest BCUT2D eigenvalue weighted by Gasteiger charge is -2.21. The number of aromatic nitrogens is 1. The van der Waals surface area contributed by atoms with Crippen LogP contribution in [0.15, 0.2) is 73.1 Å². The van der Waals surface area contributed by atoms with Gasteiger partial charge in [0, 0.05) is 24.6 Å². The van der Waals surface area contributed by atoms with Gasteiger partial charge < -0.3 is 19.7 Å². The first-order valence-electron chi connectivity index (χ1n) is 12.2. The normalized spacial score (nSPS) is 15.1. The molecule has 4 amide bonds. The van der Waals surface area contributed by atoms with Gasteiger partial charge in [0.15, 0.2) is 0 Å². The van der Waals surface area contributed by atoms with Gasteiger partial charge in [-0.15, -0.1) is 0 Å². The highest BCUT2D eigenvalue weighted by atomic mass is 16.5. The summed E-state index contributed by atoms with van der Waals surface area (Å²) in [5.74, 6) is 0.524. The Kier molecular flexibility index (Phi) is 8.35. The van der Waals surface area contributed by atoms with Crippen molar-refractivity contribution in [2.45, 2.75) is 32.2 Å². The van der Waals surface area contributed by atoms with Crippen LogP contribution in [0, 0.1) is 0 Å². The molecule has 3 aromatic rings. The third kappa shape index (κ3) is 6.24. The van der Waals surface area contributed by atoms with E-state index in [1.165, 1.54) is 4.90 Å². The number of carbonyl (C=O) groups is 3. The van der Waals surface area contributed by atoms with Crippen molar-refractivity contribution >= 4 is 29.2 Å². The fourth-order valence-electron chi connectivity index (χ4n) is 4.10. The summed E-state index contributed by atoms with van der Waals surface area (Å²) in [4.78, 5) is 46.4. The lowest BCUT2D eigenvalue weighted by molar-refractivity contribution is -0.124. The van der Waals surface area contributed by atoms with Crippen molar-refractivity contribution in [1.82, 2.24) is 9.88 Å². The molecule has 2 aromatic carbocycles. The molecular formula is C28H30N4O5. The van der Waals surface area contributed by atoms with Gasteiger partial charge in [-0.05, 0) is 79.1 Å². The third-order valence-electron chi connectivity index (χ3n) is 6.03. The first-order valence-corrected chi connectivity index (χ1v) is 12.2. The van der Waals surface area contributed by atoms with Crippen LogP contribution < -0.4 is 19.7 Å². The molecule has 1 atom stereocenters. The fourth-order valence-corrected chi connectivity index (χ4v) is 4.10. The van der Waals surface area contributed by atoms with Gasteiger partial charge in [0.2, 0.25) is 5.91 Å². The van der Waals surface area contributed by atoms with E-state index in [0.717, 1.165) is 16.9 Å². The fraction of sp³-hybridized carbons (Fsp3) is 0.286. The minimum Gasteiger partial charge on any atom is -0.497 e. The first kappa shape index (κ1) is 25.7. The summed E-state index contributed by atoms with van der Waals surface area (Å²) in [6, 6.07) is 16.1. The first-order chi connectivity index (χ1) is 18.0. The van der Waals surface area contributed by atoms with Crippen LogP contribution in [0.1, 0.15) is 25.3 Å². The van der Waals surface area contributed by atoms with Crippen LogP contribution in [0.5, 0.6) is 11.5 Å². The molecule has 0 saturated carbocycles. The zero-order valence-corrected chi connectivity index (χ0v) is 20.9. The maximum atomic E-state index is 13.5. The zero-order chi connectivity index (χ0) is 26.2. The van der Waals surface area contributed by atoms with Gasteiger partial charge in [-0.3, -0.25) is 14.6 Å². The van der Waals surface area contributed by atoms with Crippen LogP contribution in [0.4, 0.5) is 16.2 Å². The van der Waals surface area contributed by atoms with Gasteiger partial charge in [-0.2, -0.15) is 0 Å². The number of amides is 4. The minimum atomic E-state index is -0.927.